The number of urea groups is 1. The molecule has 1 fully saturated rings. The highest BCUT2D eigenvalue weighted by Crippen LogP contribution is 2.14. The molecular formula is C10H16N4O2. The lowest BCUT2D eigenvalue weighted by molar-refractivity contribution is 0.106. The van der Waals surface area contributed by atoms with Gasteiger partial charge in [0.15, 0.2) is 0 Å². The van der Waals surface area contributed by atoms with Crippen LogP contribution in [-0.4, -0.2) is 40.1 Å². The van der Waals surface area contributed by atoms with Crippen LogP contribution in [0.4, 0.5) is 4.79 Å². The lowest BCUT2D eigenvalue weighted by Crippen LogP contribution is -2.44. The van der Waals surface area contributed by atoms with Crippen LogP contribution < -0.4 is 10.5 Å². The van der Waals surface area contributed by atoms with E-state index in [9.17, 15) is 4.79 Å². The molecule has 0 bridgehead atoms. The van der Waals surface area contributed by atoms with Gasteiger partial charge in [-0.25, -0.2) is 14.8 Å². The number of aromatic nitrogens is 2. The summed E-state index contributed by atoms with van der Waals surface area (Å²) >= 11 is 0. The maximum atomic E-state index is 10.9. The first-order valence-electron chi connectivity index (χ1n) is 5.24. The first kappa shape index (κ1) is 10.7. The molecule has 1 saturated heterocycles. The number of piperidine rings is 1. The van der Waals surface area contributed by atoms with E-state index in [1.54, 1.807) is 23.4 Å². The molecule has 2 heterocycles. The van der Waals surface area contributed by atoms with Crippen molar-refractivity contribution in [3.63, 3.8) is 0 Å². The highest BCUT2D eigenvalue weighted by Gasteiger charge is 2.22. The lowest BCUT2D eigenvalue weighted by atomic mass is 10.1. The number of rotatable bonds is 2. The fourth-order valence-electron chi connectivity index (χ4n) is 1.69. The van der Waals surface area contributed by atoms with Gasteiger partial charge in [0, 0.05) is 39.8 Å². The van der Waals surface area contributed by atoms with Gasteiger partial charge in [-0.1, -0.05) is 0 Å². The number of carbonyl (C=O) groups is 1. The number of likely N-dealkylation sites (tertiary alicyclic amines) is 1. The van der Waals surface area contributed by atoms with E-state index in [-0.39, 0.29) is 13.6 Å². The molecule has 0 unspecified atom stereocenters. The molecule has 1 aromatic rings. The molecule has 6 heteroatoms. The van der Waals surface area contributed by atoms with Crippen LogP contribution in [0.25, 0.3) is 0 Å². The van der Waals surface area contributed by atoms with Gasteiger partial charge < -0.3 is 15.4 Å². The van der Waals surface area contributed by atoms with E-state index >= 15 is 0 Å². The SMILES string of the molecule is NC(=O)N1CCC(Oc2ncccn2)CC1.[HH]. The largest absolute Gasteiger partial charge is 0.460 e. The second kappa shape index (κ2) is 4.78. The van der Waals surface area contributed by atoms with Crippen molar-refractivity contribution in [2.45, 2.75) is 18.9 Å². The van der Waals surface area contributed by atoms with Gasteiger partial charge in [-0.3, -0.25) is 0 Å². The van der Waals surface area contributed by atoms with Crippen LogP contribution in [0.5, 0.6) is 6.01 Å². The summed E-state index contributed by atoms with van der Waals surface area (Å²) in [5.41, 5.74) is 5.19. The summed E-state index contributed by atoms with van der Waals surface area (Å²) in [4.78, 5) is 20.5. The molecule has 0 atom stereocenters. The van der Waals surface area contributed by atoms with E-state index in [2.05, 4.69) is 9.97 Å². The molecule has 2 N–H and O–H groups in total. The summed E-state index contributed by atoms with van der Waals surface area (Å²) in [6.07, 6.45) is 4.88. The molecule has 0 saturated carbocycles. The van der Waals surface area contributed by atoms with Crippen molar-refractivity contribution >= 4 is 6.03 Å². The second-order valence-electron chi connectivity index (χ2n) is 3.67. The van der Waals surface area contributed by atoms with E-state index in [1.165, 1.54) is 0 Å². The second-order valence-corrected chi connectivity index (χ2v) is 3.67. The molecule has 6 nitrogen and oxygen atoms in total. The molecular weight excluding hydrogens is 208 g/mol. The van der Waals surface area contributed by atoms with Gasteiger partial charge in [-0.15, -0.1) is 0 Å². The smallest absolute Gasteiger partial charge is 0.316 e. The molecule has 0 aliphatic carbocycles. The van der Waals surface area contributed by atoms with Crippen molar-refractivity contribution in [2.75, 3.05) is 13.1 Å². The number of primary amides is 1. The van der Waals surface area contributed by atoms with Gasteiger partial charge in [0.2, 0.25) is 0 Å². The summed E-state index contributed by atoms with van der Waals surface area (Å²) in [6.45, 7) is 1.26. The van der Waals surface area contributed by atoms with Crippen LogP contribution in [0.2, 0.25) is 0 Å². The Morgan fingerprint density at radius 2 is 2.06 bits per heavy atom. The Morgan fingerprint density at radius 1 is 1.44 bits per heavy atom. The van der Waals surface area contributed by atoms with Crippen molar-refractivity contribution in [1.82, 2.24) is 14.9 Å². The van der Waals surface area contributed by atoms with Gasteiger partial charge in [0.05, 0.1) is 0 Å². The standard InChI is InChI=1S/C10H14N4O2.H2/c11-9(15)14-6-2-8(3-7-14)16-10-12-4-1-5-13-10;/h1,4-5,8H,2-3,6-7H2,(H2,11,15);1H. The summed E-state index contributed by atoms with van der Waals surface area (Å²) in [5, 5.41) is 0. The predicted molar refractivity (Wildman–Crippen MR) is 59.0 cm³/mol. The average Bonchev–Trinajstić information content (AvgIpc) is 2.31. The molecule has 2 rings (SSSR count). The normalized spacial score (nSPS) is 17.1. The van der Waals surface area contributed by atoms with Crippen molar-refractivity contribution in [3.8, 4) is 6.01 Å². The number of amides is 2. The van der Waals surface area contributed by atoms with E-state index in [4.69, 9.17) is 10.5 Å². The number of nitrogens with two attached hydrogens (primary N) is 1. The van der Waals surface area contributed by atoms with E-state index < -0.39 is 0 Å². The third-order valence-corrected chi connectivity index (χ3v) is 2.57. The molecule has 16 heavy (non-hydrogen) atoms. The van der Waals surface area contributed by atoms with Gasteiger partial charge in [0.1, 0.15) is 6.10 Å². The fraction of sp³-hybridized carbons (Fsp3) is 0.500. The minimum absolute atomic E-state index is 0. The van der Waals surface area contributed by atoms with Crippen LogP contribution in [0.15, 0.2) is 18.5 Å². The Balaban J connectivity index is 0.00000144. The van der Waals surface area contributed by atoms with Crippen molar-refractivity contribution < 1.29 is 11.0 Å². The zero-order valence-corrected chi connectivity index (χ0v) is 8.87. The van der Waals surface area contributed by atoms with Crippen molar-refractivity contribution in [2.24, 2.45) is 5.73 Å². The van der Waals surface area contributed by atoms with Crippen molar-refractivity contribution in [1.29, 1.82) is 0 Å². The zero-order chi connectivity index (χ0) is 11.4. The van der Waals surface area contributed by atoms with Crippen LogP contribution in [-0.2, 0) is 0 Å². The minimum atomic E-state index is -0.366. The fourth-order valence-corrected chi connectivity index (χ4v) is 1.69. The number of ether oxygens (including phenoxy) is 1. The highest BCUT2D eigenvalue weighted by molar-refractivity contribution is 5.72. The van der Waals surface area contributed by atoms with Gasteiger partial charge in [0.25, 0.3) is 0 Å². The third-order valence-electron chi connectivity index (χ3n) is 2.57. The molecule has 2 amide bonds. The lowest BCUT2D eigenvalue weighted by Gasteiger charge is -2.30. The summed E-state index contributed by atoms with van der Waals surface area (Å²) in [5.74, 6) is 0. The summed E-state index contributed by atoms with van der Waals surface area (Å²) in [7, 11) is 0. The number of carbonyl (C=O) groups excluding carboxylic acids is 1. The van der Waals surface area contributed by atoms with Crippen LogP contribution in [0.3, 0.4) is 0 Å². The van der Waals surface area contributed by atoms with Crippen molar-refractivity contribution in [3.05, 3.63) is 18.5 Å². The maximum Gasteiger partial charge on any atom is 0.316 e. The Bertz CT molecular complexity index is 355. The molecule has 0 aromatic carbocycles. The quantitative estimate of drug-likeness (QED) is 0.799. The Labute approximate surface area is 94.9 Å². The molecule has 0 spiro atoms. The average molecular weight is 224 g/mol. The monoisotopic (exact) mass is 224 g/mol. The van der Waals surface area contributed by atoms with Gasteiger partial charge >= 0.3 is 12.0 Å². The minimum Gasteiger partial charge on any atom is -0.460 e. The summed E-state index contributed by atoms with van der Waals surface area (Å²) in [6, 6.07) is 1.76. The van der Waals surface area contributed by atoms with Crippen LogP contribution in [0, 0.1) is 0 Å². The number of nitrogens with zero attached hydrogens (tertiary/aromatic N) is 3. The maximum absolute atomic E-state index is 10.9. The molecule has 1 aromatic heterocycles. The highest BCUT2D eigenvalue weighted by atomic mass is 16.5. The topological polar surface area (TPSA) is 81.3 Å². The van der Waals surface area contributed by atoms with Crippen LogP contribution >= 0.6 is 0 Å². The first-order valence-corrected chi connectivity index (χ1v) is 5.24. The third kappa shape index (κ3) is 2.59. The van der Waals surface area contributed by atoms with E-state index in [0.29, 0.717) is 19.1 Å². The predicted octanol–water partition coefficient (Wildman–Crippen LogP) is 0.644. The molecule has 1 aliphatic rings. The number of hydrogen-bond acceptors (Lipinski definition) is 4. The Kier molecular flexibility index (Phi) is 3.19. The van der Waals surface area contributed by atoms with Gasteiger partial charge in [-0.05, 0) is 6.07 Å². The zero-order valence-electron chi connectivity index (χ0n) is 8.87. The van der Waals surface area contributed by atoms with Crippen LogP contribution in [0.1, 0.15) is 14.3 Å². The first-order chi connectivity index (χ1) is 7.75. The molecule has 88 valence electrons. The van der Waals surface area contributed by atoms with E-state index in [0.717, 1.165) is 12.8 Å². The van der Waals surface area contributed by atoms with E-state index in [1.807, 2.05) is 0 Å². The Hall–Kier alpha value is -1.85. The summed E-state index contributed by atoms with van der Waals surface area (Å²) < 4.78 is 5.58. The Morgan fingerprint density at radius 3 is 2.62 bits per heavy atom. The molecule has 1 aliphatic heterocycles. The molecule has 0 radical (unpaired) electrons. The van der Waals surface area contributed by atoms with Gasteiger partial charge in [-0.2, -0.15) is 0 Å². The number of hydrogen-bond donors (Lipinski definition) is 1.